The first-order valence-electron chi connectivity index (χ1n) is 17.6. The maximum absolute atomic E-state index is 14.4. The molecule has 0 unspecified atom stereocenters. The monoisotopic (exact) mass is 762 g/mol. The van der Waals surface area contributed by atoms with Crippen molar-refractivity contribution in [1.82, 2.24) is 30.1 Å². The number of anilines is 2. The number of nitrogens with one attached hydrogen (secondary N) is 2. The van der Waals surface area contributed by atoms with Crippen LogP contribution in [-0.2, 0) is 40.4 Å². The predicted octanol–water partition coefficient (Wildman–Crippen LogP) is 5.50. The number of urea groups is 1. The zero-order valence-corrected chi connectivity index (χ0v) is 30.6. The molecule has 2 saturated heterocycles. The highest BCUT2D eigenvalue weighted by molar-refractivity contribution is 7.22. The molecule has 13 nitrogen and oxygen atoms in total. The SMILES string of the molecule is C=CCN(C(=O)NCc1ccc(F)cc1)N1CC(=O)N2[C@@H](Cc3ccc(NC(=O)OCc4ccccc4)cc3)C(=O)N(Cc3cccc4sc(N)nc34)C[C@@H]21. The summed E-state index contributed by atoms with van der Waals surface area (Å²) in [6.07, 6.45) is 0.444. The van der Waals surface area contributed by atoms with Gasteiger partial charge in [-0.15, -0.1) is 6.58 Å². The molecule has 0 bridgehead atoms. The summed E-state index contributed by atoms with van der Waals surface area (Å²) < 4.78 is 19.7. The molecular formula is C40H39FN8O5S. The summed E-state index contributed by atoms with van der Waals surface area (Å²) in [5.41, 5.74) is 10.4. The lowest BCUT2D eigenvalue weighted by molar-refractivity contribution is -0.157. The Bertz CT molecular complexity index is 2200. The summed E-state index contributed by atoms with van der Waals surface area (Å²) in [6.45, 7) is 4.35. The molecule has 4 aromatic carbocycles. The molecule has 2 aliphatic heterocycles. The number of hydrazine groups is 1. The van der Waals surface area contributed by atoms with Crippen molar-refractivity contribution in [1.29, 1.82) is 0 Å². The van der Waals surface area contributed by atoms with E-state index in [2.05, 4.69) is 22.2 Å². The quantitative estimate of drug-likeness (QED) is 0.141. The molecule has 5 amide bonds. The molecule has 55 heavy (non-hydrogen) atoms. The highest BCUT2D eigenvalue weighted by Gasteiger charge is 2.52. The van der Waals surface area contributed by atoms with Crippen molar-refractivity contribution in [3.8, 4) is 0 Å². The van der Waals surface area contributed by atoms with Crippen molar-refractivity contribution in [3.05, 3.63) is 138 Å². The second kappa shape index (κ2) is 16.4. The molecule has 0 aliphatic carbocycles. The second-order valence-electron chi connectivity index (χ2n) is 13.2. The van der Waals surface area contributed by atoms with Gasteiger partial charge in [-0.2, -0.15) is 5.01 Å². The third-order valence-corrected chi connectivity index (χ3v) is 10.3. The molecule has 282 valence electrons. The molecule has 2 aliphatic rings. The van der Waals surface area contributed by atoms with Gasteiger partial charge in [0, 0.05) is 25.2 Å². The fourth-order valence-electron chi connectivity index (χ4n) is 6.87. The van der Waals surface area contributed by atoms with E-state index in [1.807, 2.05) is 48.5 Å². The lowest BCUT2D eigenvalue weighted by Crippen LogP contribution is -2.66. The predicted molar refractivity (Wildman–Crippen MR) is 207 cm³/mol. The zero-order chi connectivity index (χ0) is 38.5. The first-order chi connectivity index (χ1) is 26.7. The number of ether oxygens (including phenoxy) is 1. The van der Waals surface area contributed by atoms with Crippen molar-refractivity contribution in [3.63, 3.8) is 0 Å². The maximum Gasteiger partial charge on any atom is 0.411 e. The standard InChI is InChI=1S/C40H39FN8O5S/c1-2-19-47(39(52)43-21-27-11-15-30(41)16-12-27)48-24-35(50)49-32(20-26-13-17-31(18-14-26)44-40(53)54-25-28-7-4-3-5-8-28)37(51)46(23-34(48)49)22-29-9-6-10-33-36(29)45-38(42)55-33/h2-18,32,34H,1,19-25H2,(H2,42,45)(H,43,52)(H,44,53)/t32-,34+/m0/s1. The van der Waals surface area contributed by atoms with E-state index in [1.54, 1.807) is 57.3 Å². The number of hydrogen-bond acceptors (Lipinski definition) is 9. The summed E-state index contributed by atoms with van der Waals surface area (Å²) >= 11 is 1.36. The normalized spacial score (nSPS) is 16.9. The van der Waals surface area contributed by atoms with Crippen LogP contribution in [0.2, 0.25) is 0 Å². The van der Waals surface area contributed by atoms with E-state index in [0.29, 0.717) is 21.9 Å². The Hall–Kier alpha value is -6.32. The summed E-state index contributed by atoms with van der Waals surface area (Å²) in [5, 5.41) is 9.09. The number of para-hydroxylation sites is 1. The van der Waals surface area contributed by atoms with Gasteiger partial charge in [0.2, 0.25) is 11.8 Å². The number of rotatable bonds is 12. The first kappa shape index (κ1) is 37.0. The van der Waals surface area contributed by atoms with E-state index < -0.39 is 24.3 Å². The van der Waals surface area contributed by atoms with E-state index in [0.717, 1.165) is 21.4 Å². The number of thiazole rings is 1. The van der Waals surface area contributed by atoms with Crippen molar-refractivity contribution in [2.24, 2.45) is 0 Å². The Morgan fingerprint density at radius 1 is 0.982 bits per heavy atom. The minimum atomic E-state index is -0.904. The molecule has 2 fully saturated rings. The van der Waals surface area contributed by atoms with Crippen LogP contribution in [0.15, 0.2) is 110 Å². The smallest absolute Gasteiger partial charge is 0.411 e. The van der Waals surface area contributed by atoms with Crippen LogP contribution in [0.4, 0.5) is 24.8 Å². The number of carbonyl (C=O) groups excluding carboxylic acids is 4. The number of nitrogens with zero attached hydrogens (tertiary/aromatic N) is 5. The Balaban J connectivity index is 1.12. The number of aromatic nitrogens is 1. The molecule has 2 atom stereocenters. The third-order valence-electron chi connectivity index (χ3n) is 9.49. The van der Waals surface area contributed by atoms with Crippen LogP contribution in [0.5, 0.6) is 0 Å². The van der Waals surface area contributed by atoms with Gasteiger partial charge in [0.15, 0.2) is 5.13 Å². The Morgan fingerprint density at radius 3 is 2.47 bits per heavy atom. The third kappa shape index (κ3) is 8.42. The molecule has 0 saturated carbocycles. The maximum atomic E-state index is 14.4. The summed E-state index contributed by atoms with van der Waals surface area (Å²) in [5.74, 6) is -0.946. The van der Waals surface area contributed by atoms with Crippen LogP contribution in [0.3, 0.4) is 0 Å². The van der Waals surface area contributed by atoms with Crippen LogP contribution in [0, 0.1) is 5.82 Å². The van der Waals surface area contributed by atoms with Gasteiger partial charge >= 0.3 is 12.1 Å². The topological polar surface area (TPSA) is 153 Å². The number of benzene rings is 4. The van der Waals surface area contributed by atoms with Crippen LogP contribution < -0.4 is 16.4 Å². The van der Waals surface area contributed by atoms with Crippen LogP contribution in [0.1, 0.15) is 22.3 Å². The minimum absolute atomic E-state index is 0.0884. The Kier molecular flexibility index (Phi) is 11.0. The number of halogens is 1. The number of carbonyl (C=O) groups is 4. The summed E-state index contributed by atoms with van der Waals surface area (Å²) in [7, 11) is 0. The molecule has 7 rings (SSSR count). The van der Waals surface area contributed by atoms with Crippen molar-refractivity contribution in [2.45, 2.75) is 38.3 Å². The minimum Gasteiger partial charge on any atom is -0.444 e. The highest BCUT2D eigenvalue weighted by Crippen LogP contribution is 2.32. The number of nitrogens with two attached hydrogens (primary N) is 1. The first-order valence-corrected chi connectivity index (χ1v) is 18.5. The molecule has 1 aromatic heterocycles. The van der Waals surface area contributed by atoms with Gasteiger partial charge < -0.3 is 25.6 Å². The highest BCUT2D eigenvalue weighted by atomic mass is 32.1. The van der Waals surface area contributed by atoms with Crippen LogP contribution in [-0.4, -0.2) is 80.6 Å². The van der Waals surface area contributed by atoms with Gasteiger partial charge in [-0.05, 0) is 52.6 Å². The molecule has 3 heterocycles. The van der Waals surface area contributed by atoms with E-state index >= 15 is 0 Å². The zero-order valence-electron chi connectivity index (χ0n) is 29.8. The van der Waals surface area contributed by atoms with E-state index in [9.17, 15) is 23.6 Å². The number of piperazine rings is 1. The molecule has 5 aromatic rings. The fourth-order valence-corrected chi connectivity index (χ4v) is 7.65. The molecule has 15 heteroatoms. The van der Waals surface area contributed by atoms with Crippen LogP contribution in [0.25, 0.3) is 10.2 Å². The van der Waals surface area contributed by atoms with Gasteiger partial charge in [-0.25, -0.2) is 19.0 Å². The van der Waals surface area contributed by atoms with E-state index in [1.165, 1.54) is 28.5 Å². The largest absolute Gasteiger partial charge is 0.444 e. The van der Waals surface area contributed by atoms with Gasteiger partial charge in [0.05, 0.1) is 29.9 Å². The fraction of sp³-hybridized carbons (Fsp3) is 0.225. The lowest BCUT2D eigenvalue weighted by Gasteiger charge is -2.46. The summed E-state index contributed by atoms with van der Waals surface area (Å²) in [4.78, 5) is 62.3. The van der Waals surface area contributed by atoms with Gasteiger partial charge in [-0.1, -0.05) is 84.1 Å². The van der Waals surface area contributed by atoms with Gasteiger partial charge in [0.1, 0.15) is 24.6 Å². The number of nitrogen functional groups attached to an aromatic ring is 1. The average molecular weight is 763 g/mol. The number of hydrogen-bond donors (Lipinski definition) is 3. The Labute approximate surface area is 320 Å². The number of fused-ring (bicyclic) bond motifs is 2. The molecular weight excluding hydrogens is 724 g/mol. The van der Waals surface area contributed by atoms with Gasteiger partial charge in [-0.3, -0.25) is 19.9 Å². The van der Waals surface area contributed by atoms with E-state index in [-0.39, 0.29) is 63.4 Å². The van der Waals surface area contributed by atoms with Crippen LogP contribution >= 0.6 is 11.3 Å². The molecule has 0 spiro atoms. The average Bonchev–Trinajstić information content (AvgIpc) is 3.74. The summed E-state index contributed by atoms with van der Waals surface area (Å²) in [6, 6.07) is 26.5. The molecule has 4 N–H and O–H groups in total. The van der Waals surface area contributed by atoms with E-state index in [4.69, 9.17) is 10.5 Å². The van der Waals surface area contributed by atoms with Crippen molar-refractivity contribution < 1.29 is 28.3 Å². The van der Waals surface area contributed by atoms with Crippen molar-refractivity contribution >= 4 is 56.3 Å². The van der Waals surface area contributed by atoms with Crippen molar-refractivity contribution in [2.75, 3.05) is 30.7 Å². The Morgan fingerprint density at radius 2 is 1.73 bits per heavy atom. The van der Waals surface area contributed by atoms with Gasteiger partial charge in [0.25, 0.3) is 0 Å². The lowest BCUT2D eigenvalue weighted by atomic mass is 9.99. The second-order valence-corrected chi connectivity index (χ2v) is 14.2. The number of amides is 5. The molecule has 0 radical (unpaired) electrons.